The van der Waals surface area contributed by atoms with Gasteiger partial charge in [0, 0.05) is 41.6 Å². The fraction of sp³-hybridized carbons (Fsp3) is 0.440. The van der Waals surface area contributed by atoms with Crippen LogP contribution < -0.4 is 5.73 Å². The van der Waals surface area contributed by atoms with E-state index in [9.17, 15) is 18.3 Å². The number of nitrogens with zero attached hydrogens (tertiary/aromatic N) is 7. The molecule has 6 heterocycles. The molecule has 204 valence electrons. The van der Waals surface area contributed by atoms with Crippen molar-refractivity contribution in [1.82, 2.24) is 39.7 Å². The van der Waals surface area contributed by atoms with Gasteiger partial charge in [0.25, 0.3) is 5.91 Å². The minimum absolute atomic E-state index is 0.00208. The Kier molecular flexibility index (Phi) is 6.10. The van der Waals surface area contributed by atoms with Crippen molar-refractivity contribution in [2.75, 3.05) is 12.0 Å². The predicted molar refractivity (Wildman–Crippen MR) is 140 cm³/mol. The molecule has 14 heteroatoms. The van der Waals surface area contributed by atoms with Crippen LogP contribution >= 0.6 is 0 Å². The van der Waals surface area contributed by atoms with Crippen molar-refractivity contribution in [3.63, 3.8) is 0 Å². The predicted octanol–water partition coefficient (Wildman–Crippen LogP) is 1.89. The number of sulfone groups is 1. The molecule has 13 nitrogen and oxygen atoms in total. The van der Waals surface area contributed by atoms with Crippen molar-refractivity contribution < 1.29 is 18.3 Å². The van der Waals surface area contributed by atoms with E-state index in [1.165, 1.54) is 10.8 Å². The highest BCUT2D eigenvalue weighted by molar-refractivity contribution is 7.91. The van der Waals surface area contributed by atoms with Crippen LogP contribution in [0, 0.1) is 0 Å². The summed E-state index contributed by atoms with van der Waals surface area (Å²) >= 11 is 0. The molecule has 39 heavy (non-hydrogen) atoms. The van der Waals surface area contributed by atoms with Crippen molar-refractivity contribution in [2.45, 2.75) is 68.0 Å². The molecular formula is C25H29N9O4S. The molecule has 0 saturated carbocycles. The van der Waals surface area contributed by atoms with Crippen LogP contribution in [0.25, 0.3) is 16.8 Å². The number of amides is 1. The number of fused-ring (bicyclic) bond motifs is 3. The largest absolute Gasteiger partial charge is 0.387 e. The van der Waals surface area contributed by atoms with Gasteiger partial charge in [0.1, 0.15) is 17.0 Å². The Morgan fingerprint density at radius 3 is 2.54 bits per heavy atom. The zero-order valence-corrected chi connectivity index (χ0v) is 22.3. The van der Waals surface area contributed by atoms with E-state index in [-0.39, 0.29) is 40.4 Å². The molecule has 2 aliphatic heterocycles. The summed E-state index contributed by atoms with van der Waals surface area (Å²) in [6.45, 7) is 1.87. The van der Waals surface area contributed by atoms with Crippen LogP contribution in [0.15, 0.2) is 35.7 Å². The first-order valence-corrected chi connectivity index (χ1v) is 14.8. The van der Waals surface area contributed by atoms with E-state index < -0.39 is 15.9 Å². The first kappa shape index (κ1) is 25.4. The summed E-state index contributed by atoms with van der Waals surface area (Å²) in [6, 6.07) is 3.42. The molecule has 1 amide bonds. The van der Waals surface area contributed by atoms with Crippen LogP contribution in [-0.4, -0.2) is 77.4 Å². The van der Waals surface area contributed by atoms with E-state index in [0.717, 1.165) is 24.7 Å². The van der Waals surface area contributed by atoms with Gasteiger partial charge in [-0.15, -0.1) is 0 Å². The van der Waals surface area contributed by atoms with Crippen LogP contribution in [0.2, 0.25) is 0 Å². The van der Waals surface area contributed by atoms with Gasteiger partial charge in [-0.2, -0.15) is 14.7 Å². The summed E-state index contributed by atoms with van der Waals surface area (Å²) < 4.78 is 27.3. The van der Waals surface area contributed by atoms with Crippen molar-refractivity contribution in [3.05, 3.63) is 48.1 Å². The van der Waals surface area contributed by atoms with Gasteiger partial charge in [-0.1, -0.05) is 13.0 Å². The van der Waals surface area contributed by atoms with Gasteiger partial charge in [0.05, 0.1) is 23.7 Å². The Morgan fingerprint density at radius 1 is 1.21 bits per heavy atom. The second-order valence-electron chi connectivity index (χ2n) is 10.3. The van der Waals surface area contributed by atoms with Crippen molar-refractivity contribution in [1.29, 1.82) is 0 Å². The third-order valence-corrected chi connectivity index (χ3v) is 8.99. The molecule has 0 spiro atoms. The number of carbonyl (C=O) groups is 1. The molecule has 2 aliphatic rings. The lowest BCUT2D eigenvalue weighted by molar-refractivity contribution is 0.0556. The number of rotatable bonds is 6. The number of nitrogens with one attached hydrogen (secondary N) is 1. The molecule has 4 N–H and O–H groups in total. The Labute approximate surface area is 224 Å². The van der Waals surface area contributed by atoms with Crippen LogP contribution in [0.1, 0.15) is 73.1 Å². The Hall–Kier alpha value is -3.91. The zero-order chi connectivity index (χ0) is 27.5. The van der Waals surface area contributed by atoms with E-state index in [1.807, 2.05) is 17.9 Å². The van der Waals surface area contributed by atoms with Gasteiger partial charge in [-0.25, -0.2) is 18.4 Å². The summed E-state index contributed by atoms with van der Waals surface area (Å²) in [6.07, 6.45) is 8.27. The minimum Gasteiger partial charge on any atom is -0.387 e. The summed E-state index contributed by atoms with van der Waals surface area (Å²) in [5, 5.41) is 20.9. The number of pyridine rings is 1. The molecule has 4 aromatic heterocycles. The highest BCUT2D eigenvalue weighted by Gasteiger charge is 2.46. The molecule has 6 rings (SSSR count). The van der Waals surface area contributed by atoms with Gasteiger partial charge >= 0.3 is 0 Å². The lowest BCUT2D eigenvalue weighted by atomic mass is 9.87. The fourth-order valence-corrected chi connectivity index (χ4v) is 7.07. The number of H-pyrrole nitrogens is 1. The van der Waals surface area contributed by atoms with Crippen LogP contribution in [0.3, 0.4) is 0 Å². The van der Waals surface area contributed by atoms with Crippen LogP contribution in [0.5, 0.6) is 0 Å². The topological polar surface area (TPSA) is 185 Å². The van der Waals surface area contributed by atoms with Crippen molar-refractivity contribution in [2.24, 2.45) is 0 Å². The monoisotopic (exact) mass is 551 g/mol. The van der Waals surface area contributed by atoms with Crippen LogP contribution in [0.4, 0.5) is 5.82 Å². The smallest absolute Gasteiger partial charge is 0.291 e. The molecule has 0 radical (unpaired) electrons. The van der Waals surface area contributed by atoms with E-state index in [4.69, 9.17) is 10.7 Å². The third-order valence-electron chi connectivity index (χ3n) is 7.83. The normalized spacial score (nSPS) is 21.9. The number of piperidine rings is 1. The number of hydrogen-bond acceptors (Lipinski definition) is 10. The number of carbonyl (C=O) groups excluding carboxylic acids is 1. The lowest BCUT2D eigenvalue weighted by Gasteiger charge is -2.38. The standard InChI is InChI=1S/C25H29N9O4S/c1-3-19(35)18-7-4-13(10-27-18)17-11-30-34-22(26)21(39(2,37)38)20(31-24(17)34)14-8-15-5-6-16(9-14)33(15)25(36)23-28-12-29-32-23/h4,7,10-12,14-16,19,35H,3,5-6,8-9,26H2,1-2H3,(H,28,29,32)/t14?,15-,16?,19?/m1/s1. The maximum absolute atomic E-state index is 13.1. The van der Waals surface area contributed by atoms with E-state index >= 15 is 0 Å². The van der Waals surface area contributed by atoms with Gasteiger partial charge in [-0.3, -0.25) is 14.9 Å². The fourth-order valence-electron chi connectivity index (χ4n) is 6.01. The van der Waals surface area contributed by atoms with E-state index in [0.29, 0.717) is 41.9 Å². The van der Waals surface area contributed by atoms with Crippen LogP contribution in [-0.2, 0) is 9.84 Å². The van der Waals surface area contributed by atoms with Crippen molar-refractivity contribution >= 4 is 27.2 Å². The summed E-state index contributed by atoms with van der Waals surface area (Å²) in [5.74, 6) is -0.226. The average molecular weight is 552 g/mol. The molecule has 0 aromatic carbocycles. The highest BCUT2D eigenvalue weighted by atomic mass is 32.2. The Morgan fingerprint density at radius 2 is 1.95 bits per heavy atom. The average Bonchev–Trinajstić information content (AvgIpc) is 3.65. The molecule has 2 bridgehead atoms. The second-order valence-corrected chi connectivity index (χ2v) is 12.2. The molecular weight excluding hydrogens is 522 g/mol. The maximum atomic E-state index is 13.1. The number of aliphatic hydroxyl groups is 1. The molecule has 4 atom stereocenters. The highest BCUT2D eigenvalue weighted by Crippen LogP contribution is 2.45. The van der Waals surface area contributed by atoms with E-state index in [2.05, 4.69) is 25.3 Å². The molecule has 3 unspecified atom stereocenters. The lowest BCUT2D eigenvalue weighted by Crippen LogP contribution is -2.46. The molecule has 2 fully saturated rings. The first-order chi connectivity index (χ1) is 18.7. The quantitative estimate of drug-likeness (QED) is 0.319. The molecule has 4 aromatic rings. The SMILES string of the molecule is CCC(O)c1ccc(-c2cnn3c(N)c(S(C)(=O)=O)c(C4CC5CC[C@H](C4)N5C(=O)c4ncn[nH]4)nc23)cn1. The number of aromatic nitrogens is 7. The Balaban J connectivity index is 1.41. The third kappa shape index (κ3) is 4.23. The van der Waals surface area contributed by atoms with E-state index in [1.54, 1.807) is 18.5 Å². The number of anilines is 1. The number of nitrogens with two attached hydrogens (primary N) is 1. The number of hydrogen-bond donors (Lipinski definition) is 3. The number of aliphatic hydroxyl groups excluding tert-OH is 1. The van der Waals surface area contributed by atoms with Gasteiger partial charge < -0.3 is 15.7 Å². The first-order valence-electron chi connectivity index (χ1n) is 12.9. The molecule has 2 saturated heterocycles. The zero-order valence-electron chi connectivity index (χ0n) is 21.5. The van der Waals surface area contributed by atoms with Crippen molar-refractivity contribution in [3.8, 4) is 11.1 Å². The van der Waals surface area contributed by atoms with Gasteiger partial charge in [0.2, 0.25) is 5.82 Å². The molecule has 0 aliphatic carbocycles. The summed E-state index contributed by atoms with van der Waals surface area (Å²) in [4.78, 5) is 28.2. The summed E-state index contributed by atoms with van der Waals surface area (Å²) in [5.41, 5.74) is 9.21. The Bertz CT molecular complexity index is 1640. The summed E-state index contributed by atoms with van der Waals surface area (Å²) in [7, 11) is -3.75. The van der Waals surface area contributed by atoms with Gasteiger partial charge in [0.15, 0.2) is 15.5 Å². The number of nitrogen functional groups attached to an aromatic ring is 1. The van der Waals surface area contributed by atoms with Gasteiger partial charge in [-0.05, 0) is 38.2 Å². The maximum Gasteiger partial charge on any atom is 0.291 e. The minimum atomic E-state index is -3.75. The second kappa shape index (κ2) is 9.38. The number of aromatic amines is 1.